The van der Waals surface area contributed by atoms with Crippen molar-refractivity contribution in [1.29, 1.82) is 0 Å². The summed E-state index contributed by atoms with van der Waals surface area (Å²) >= 11 is 0. The van der Waals surface area contributed by atoms with Crippen molar-refractivity contribution in [3.8, 4) is 0 Å². The lowest BCUT2D eigenvalue weighted by Crippen LogP contribution is -2.37. The number of aromatic amines is 1. The van der Waals surface area contributed by atoms with Gasteiger partial charge in [-0.2, -0.15) is 0 Å². The van der Waals surface area contributed by atoms with E-state index in [0.29, 0.717) is 5.69 Å². The molecule has 1 amide bonds. The quantitative estimate of drug-likeness (QED) is 0.702. The average Bonchev–Trinajstić information content (AvgIpc) is 2.97. The van der Waals surface area contributed by atoms with Crippen LogP contribution < -0.4 is 5.56 Å². The number of hydrogen-bond donors (Lipinski definition) is 3. The fraction of sp³-hybridized carbons (Fsp3) is 0.429. The molecule has 0 aromatic carbocycles. The molecule has 22 heavy (non-hydrogen) atoms. The van der Waals surface area contributed by atoms with E-state index in [-0.39, 0.29) is 25.1 Å². The summed E-state index contributed by atoms with van der Waals surface area (Å²) in [4.78, 5) is 50.7. The van der Waals surface area contributed by atoms with Crippen molar-refractivity contribution in [2.45, 2.75) is 13.3 Å². The third-order valence-electron chi connectivity index (χ3n) is 4.71. The number of amides is 1. The molecule has 2 fully saturated rings. The number of aromatic nitrogens is 1. The van der Waals surface area contributed by atoms with Crippen LogP contribution in [0, 0.1) is 17.8 Å². The summed E-state index contributed by atoms with van der Waals surface area (Å²) in [5.74, 6) is -3.08. The van der Waals surface area contributed by atoms with Crippen molar-refractivity contribution in [1.82, 2.24) is 9.88 Å². The molecule has 1 saturated heterocycles. The maximum absolute atomic E-state index is 12.4. The monoisotopic (exact) mass is 306 g/mol. The number of nitrogens with one attached hydrogen (secondary N) is 1. The van der Waals surface area contributed by atoms with Crippen LogP contribution in [0.1, 0.15) is 22.5 Å². The van der Waals surface area contributed by atoms with Gasteiger partial charge in [-0.05, 0) is 25.5 Å². The molecule has 0 bridgehead atoms. The topological polar surface area (TPSA) is 128 Å². The number of rotatable bonds is 3. The lowest BCUT2D eigenvalue weighted by Gasteiger charge is -2.19. The number of hydrogen-bond acceptors (Lipinski definition) is 4. The second-order valence-electron chi connectivity index (χ2n) is 6.00. The van der Waals surface area contributed by atoms with E-state index in [1.165, 1.54) is 6.07 Å². The van der Waals surface area contributed by atoms with Crippen LogP contribution in [0.15, 0.2) is 16.9 Å². The van der Waals surface area contributed by atoms with E-state index in [2.05, 4.69) is 4.98 Å². The maximum atomic E-state index is 12.4. The number of H-pyrrole nitrogens is 1. The van der Waals surface area contributed by atoms with E-state index in [4.69, 9.17) is 0 Å². The van der Waals surface area contributed by atoms with Gasteiger partial charge in [0.2, 0.25) is 0 Å². The van der Waals surface area contributed by atoms with Gasteiger partial charge < -0.3 is 20.1 Å². The van der Waals surface area contributed by atoms with E-state index in [0.717, 1.165) is 4.90 Å². The van der Waals surface area contributed by atoms with Crippen LogP contribution >= 0.6 is 0 Å². The first-order chi connectivity index (χ1) is 10.2. The Hall–Kier alpha value is -2.64. The standard InChI is InChI=1S/C14H14N2O6/c1-7-2-3-8(9(17)15-7)10(18)16-5-13(11(19)20)4-14(13,6-16)12(21)22/h2-3H,4-6H2,1H3,(H,15,17)(H,19,20)(H,21,22)/t13-,14+. The highest BCUT2D eigenvalue weighted by Gasteiger charge is 2.81. The smallest absolute Gasteiger partial charge is 0.312 e. The van der Waals surface area contributed by atoms with Crippen molar-refractivity contribution >= 4 is 17.8 Å². The summed E-state index contributed by atoms with van der Waals surface area (Å²) in [5, 5.41) is 18.6. The van der Waals surface area contributed by atoms with Crippen LogP contribution in [0.25, 0.3) is 0 Å². The van der Waals surface area contributed by atoms with Gasteiger partial charge in [0.25, 0.3) is 11.5 Å². The number of carboxylic acids is 2. The molecular formula is C14H14N2O6. The summed E-state index contributed by atoms with van der Waals surface area (Å²) in [7, 11) is 0. The Balaban J connectivity index is 1.92. The number of aliphatic carboxylic acids is 2. The van der Waals surface area contributed by atoms with E-state index < -0.39 is 34.2 Å². The second kappa shape index (κ2) is 4.19. The van der Waals surface area contributed by atoms with Crippen LogP contribution in [0.2, 0.25) is 0 Å². The molecule has 2 heterocycles. The summed E-state index contributed by atoms with van der Waals surface area (Å²) in [6.07, 6.45) is 0.0126. The van der Waals surface area contributed by atoms with Crippen LogP contribution in [-0.4, -0.2) is 51.0 Å². The van der Waals surface area contributed by atoms with Gasteiger partial charge in [-0.1, -0.05) is 0 Å². The fourth-order valence-corrected chi connectivity index (χ4v) is 3.34. The highest BCUT2D eigenvalue weighted by Crippen LogP contribution is 2.68. The predicted molar refractivity (Wildman–Crippen MR) is 72.5 cm³/mol. The molecule has 116 valence electrons. The fourth-order valence-electron chi connectivity index (χ4n) is 3.34. The molecule has 0 spiro atoms. The van der Waals surface area contributed by atoms with Gasteiger partial charge in [0.05, 0.1) is 0 Å². The van der Waals surface area contributed by atoms with Crippen molar-refractivity contribution in [2.24, 2.45) is 10.8 Å². The van der Waals surface area contributed by atoms with E-state index in [9.17, 15) is 29.4 Å². The molecule has 1 saturated carbocycles. The molecule has 2 atom stereocenters. The number of carbonyl (C=O) groups excluding carboxylic acids is 1. The van der Waals surface area contributed by atoms with E-state index in [1.807, 2.05) is 0 Å². The molecule has 0 radical (unpaired) electrons. The van der Waals surface area contributed by atoms with Crippen molar-refractivity contribution < 1.29 is 24.6 Å². The largest absolute Gasteiger partial charge is 0.481 e. The van der Waals surface area contributed by atoms with Gasteiger partial charge in [-0.15, -0.1) is 0 Å². The number of carboxylic acid groups (broad SMARTS) is 2. The van der Waals surface area contributed by atoms with Gasteiger partial charge in [0.1, 0.15) is 16.4 Å². The Kier molecular flexibility index (Phi) is 2.72. The first-order valence-electron chi connectivity index (χ1n) is 6.69. The number of pyridine rings is 1. The van der Waals surface area contributed by atoms with Crippen molar-refractivity contribution in [3.63, 3.8) is 0 Å². The lowest BCUT2D eigenvalue weighted by atomic mass is 9.97. The van der Waals surface area contributed by atoms with Gasteiger partial charge in [0, 0.05) is 18.8 Å². The Labute approximate surface area is 124 Å². The molecule has 8 nitrogen and oxygen atoms in total. The van der Waals surface area contributed by atoms with Crippen molar-refractivity contribution in [2.75, 3.05) is 13.1 Å². The highest BCUT2D eigenvalue weighted by atomic mass is 16.4. The average molecular weight is 306 g/mol. The number of likely N-dealkylation sites (tertiary alicyclic amines) is 1. The number of piperidine rings is 1. The number of carbonyl (C=O) groups is 3. The van der Waals surface area contributed by atoms with E-state index in [1.54, 1.807) is 13.0 Å². The van der Waals surface area contributed by atoms with Gasteiger partial charge in [-0.25, -0.2) is 0 Å². The zero-order valence-corrected chi connectivity index (χ0v) is 11.8. The minimum absolute atomic E-state index is 0.0126. The predicted octanol–water partition coefficient (Wildman–Crippen LogP) is -0.315. The third kappa shape index (κ3) is 1.63. The third-order valence-corrected chi connectivity index (χ3v) is 4.71. The molecule has 1 aliphatic heterocycles. The normalized spacial score (nSPS) is 29.0. The van der Waals surface area contributed by atoms with E-state index >= 15 is 0 Å². The maximum Gasteiger partial charge on any atom is 0.312 e. The zero-order valence-electron chi connectivity index (χ0n) is 11.8. The summed E-state index contributed by atoms with van der Waals surface area (Å²) in [5.41, 5.74) is -2.97. The Morgan fingerprint density at radius 1 is 1.14 bits per heavy atom. The zero-order chi connectivity index (χ0) is 16.3. The van der Waals surface area contributed by atoms with Crippen molar-refractivity contribution in [3.05, 3.63) is 33.7 Å². The Morgan fingerprint density at radius 2 is 1.68 bits per heavy atom. The number of nitrogens with zero attached hydrogens (tertiary/aromatic N) is 1. The van der Waals surface area contributed by atoms with Crippen LogP contribution in [0.4, 0.5) is 0 Å². The minimum atomic E-state index is -1.44. The minimum Gasteiger partial charge on any atom is -0.481 e. The number of fused-ring (bicyclic) bond motifs is 1. The Morgan fingerprint density at radius 3 is 2.14 bits per heavy atom. The highest BCUT2D eigenvalue weighted by molar-refractivity contribution is 5.99. The first-order valence-corrected chi connectivity index (χ1v) is 6.69. The molecule has 8 heteroatoms. The summed E-state index contributed by atoms with van der Waals surface area (Å²) in [6.45, 7) is 1.28. The Bertz CT molecular complexity index is 741. The first kappa shape index (κ1) is 14.3. The van der Waals surface area contributed by atoms with Crippen LogP contribution in [0.3, 0.4) is 0 Å². The number of aryl methyl sites for hydroxylation is 1. The molecule has 1 aromatic heterocycles. The second-order valence-corrected chi connectivity index (χ2v) is 6.00. The molecule has 3 rings (SSSR count). The van der Waals surface area contributed by atoms with Crippen LogP contribution in [0.5, 0.6) is 0 Å². The van der Waals surface area contributed by atoms with Gasteiger partial charge in [0.15, 0.2) is 0 Å². The summed E-state index contributed by atoms with van der Waals surface area (Å²) in [6, 6.07) is 2.92. The van der Waals surface area contributed by atoms with Crippen LogP contribution in [-0.2, 0) is 9.59 Å². The summed E-state index contributed by atoms with van der Waals surface area (Å²) < 4.78 is 0. The molecular weight excluding hydrogens is 292 g/mol. The molecule has 2 aliphatic rings. The van der Waals surface area contributed by atoms with Gasteiger partial charge >= 0.3 is 11.9 Å². The molecule has 3 N–H and O–H groups in total. The lowest BCUT2D eigenvalue weighted by molar-refractivity contribution is -0.151. The SMILES string of the molecule is Cc1ccc(C(=O)N2C[C@@]3(C(=O)O)C[C@@]3(C(=O)O)C2)c(=O)[nH]1. The molecule has 1 aromatic rings. The van der Waals surface area contributed by atoms with Gasteiger partial charge in [-0.3, -0.25) is 19.2 Å². The molecule has 1 aliphatic carbocycles. The molecule has 0 unspecified atom stereocenters.